The summed E-state index contributed by atoms with van der Waals surface area (Å²) in [5.74, 6) is 1.25. The summed E-state index contributed by atoms with van der Waals surface area (Å²) >= 11 is 6.02. The Balaban J connectivity index is 2.34. The Morgan fingerprint density at radius 2 is 2.05 bits per heavy atom. The maximum atomic E-state index is 10.6. The average molecular weight is 311 g/mol. The largest absolute Gasteiger partial charge is 0.496 e. The fourth-order valence-electron chi connectivity index (χ4n) is 2.50. The molecule has 0 saturated heterocycles. The number of aliphatic hydroxyl groups excluding tert-OH is 1. The van der Waals surface area contributed by atoms with Gasteiger partial charge in [-0.15, -0.1) is 0 Å². The third-order valence-corrected chi connectivity index (χ3v) is 3.63. The van der Waals surface area contributed by atoms with Crippen molar-refractivity contribution in [2.24, 2.45) is 7.05 Å². The predicted octanol–water partition coefficient (Wildman–Crippen LogP) is 2.68. The fourth-order valence-corrected chi connectivity index (χ4v) is 2.69. The van der Waals surface area contributed by atoms with Gasteiger partial charge in [-0.3, -0.25) is 0 Å². The van der Waals surface area contributed by atoms with Crippen molar-refractivity contribution in [3.05, 3.63) is 40.0 Å². The normalized spacial score (nSPS) is 12.3. The van der Waals surface area contributed by atoms with Crippen molar-refractivity contribution in [2.75, 3.05) is 14.2 Å². The van der Waals surface area contributed by atoms with E-state index in [1.165, 1.54) is 0 Å². The molecule has 0 aliphatic rings. The zero-order valence-corrected chi connectivity index (χ0v) is 13.3. The summed E-state index contributed by atoms with van der Waals surface area (Å²) in [6.45, 7) is 1.84. The molecule has 5 nitrogen and oxygen atoms in total. The van der Waals surface area contributed by atoms with Crippen LogP contribution in [-0.2, 0) is 13.5 Å². The van der Waals surface area contributed by atoms with Crippen LogP contribution in [0.1, 0.15) is 22.9 Å². The zero-order valence-electron chi connectivity index (χ0n) is 12.6. The lowest BCUT2D eigenvalue weighted by molar-refractivity contribution is 0.171. The highest BCUT2D eigenvalue weighted by atomic mass is 35.5. The molecule has 0 saturated carbocycles. The SMILES string of the molecule is COc1ccc(Cl)cc1CC(O)c1c(C)nn(C)c1OC. The van der Waals surface area contributed by atoms with Gasteiger partial charge in [-0.05, 0) is 30.7 Å². The van der Waals surface area contributed by atoms with Crippen LogP contribution in [0.3, 0.4) is 0 Å². The van der Waals surface area contributed by atoms with Gasteiger partial charge >= 0.3 is 0 Å². The number of benzene rings is 1. The summed E-state index contributed by atoms with van der Waals surface area (Å²) in [6, 6.07) is 5.34. The van der Waals surface area contributed by atoms with E-state index in [0.29, 0.717) is 28.6 Å². The number of aromatic nitrogens is 2. The van der Waals surface area contributed by atoms with E-state index in [4.69, 9.17) is 21.1 Å². The molecule has 0 bridgehead atoms. The minimum absolute atomic E-state index is 0.368. The van der Waals surface area contributed by atoms with Crippen LogP contribution >= 0.6 is 11.6 Å². The second-order valence-corrected chi connectivity index (χ2v) is 5.24. The molecule has 0 spiro atoms. The minimum atomic E-state index is -0.749. The molecule has 1 aromatic heterocycles. The summed E-state index contributed by atoms with van der Waals surface area (Å²) in [4.78, 5) is 0. The third-order valence-electron chi connectivity index (χ3n) is 3.40. The molecule has 0 aliphatic heterocycles. The lowest BCUT2D eigenvalue weighted by Crippen LogP contribution is -2.06. The molecular weight excluding hydrogens is 292 g/mol. The van der Waals surface area contributed by atoms with E-state index in [9.17, 15) is 5.11 Å². The predicted molar refractivity (Wildman–Crippen MR) is 81.2 cm³/mol. The quantitative estimate of drug-likeness (QED) is 0.922. The highest BCUT2D eigenvalue weighted by Crippen LogP contribution is 2.33. The summed E-state index contributed by atoms with van der Waals surface area (Å²) in [5, 5.41) is 15.4. The molecule has 114 valence electrons. The molecule has 2 aromatic rings. The van der Waals surface area contributed by atoms with Crippen LogP contribution in [0.5, 0.6) is 11.6 Å². The number of aryl methyl sites for hydroxylation is 2. The van der Waals surface area contributed by atoms with Crippen molar-refractivity contribution < 1.29 is 14.6 Å². The molecule has 0 aliphatic carbocycles. The van der Waals surface area contributed by atoms with Gasteiger partial charge in [0, 0.05) is 18.5 Å². The van der Waals surface area contributed by atoms with Crippen molar-refractivity contribution >= 4 is 11.6 Å². The minimum Gasteiger partial charge on any atom is -0.496 e. The molecular formula is C15H19ClN2O3. The van der Waals surface area contributed by atoms with Gasteiger partial charge in [0.1, 0.15) is 5.75 Å². The Hall–Kier alpha value is -1.72. The molecule has 1 unspecified atom stereocenters. The Labute approximate surface area is 129 Å². The number of hydrogen-bond acceptors (Lipinski definition) is 4. The van der Waals surface area contributed by atoms with Crippen LogP contribution in [0, 0.1) is 6.92 Å². The number of halogens is 1. The molecule has 1 aromatic carbocycles. The molecule has 1 atom stereocenters. The monoisotopic (exact) mass is 310 g/mol. The first-order valence-electron chi connectivity index (χ1n) is 6.55. The second-order valence-electron chi connectivity index (χ2n) is 4.81. The molecule has 6 heteroatoms. The van der Waals surface area contributed by atoms with Gasteiger partial charge in [0.2, 0.25) is 5.88 Å². The Morgan fingerprint density at radius 3 is 2.67 bits per heavy atom. The Morgan fingerprint density at radius 1 is 1.33 bits per heavy atom. The molecule has 1 heterocycles. The highest BCUT2D eigenvalue weighted by Gasteiger charge is 2.23. The number of methoxy groups -OCH3 is 2. The number of nitrogens with zero attached hydrogens (tertiary/aromatic N) is 2. The average Bonchev–Trinajstić information content (AvgIpc) is 2.73. The Bertz CT molecular complexity index is 640. The van der Waals surface area contributed by atoms with E-state index in [1.807, 2.05) is 6.92 Å². The Kier molecular flexibility index (Phi) is 4.75. The van der Waals surface area contributed by atoms with E-state index in [0.717, 1.165) is 11.3 Å². The lowest BCUT2D eigenvalue weighted by Gasteiger charge is -2.15. The van der Waals surface area contributed by atoms with Gasteiger partial charge in [0.15, 0.2) is 0 Å². The van der Waals surface area contributed by atoms with Crippen LogP contribution in [0.2, 0.25) is 5.02 Å². The van der Waals surface area contributed by atoms with E-state index in [1.54, 1.807) is 44.1 Å². The summed E-state index contributed by atoms with van der Waals surface area (Å²) < 4.78 is 12.2. The summed E-state index contributed by atoms with van der Waals surface area (Å²) in [6.07, 6.45) is -0.381. The molecule has 0 radical (unpaired) electrons. The first kappa shape index (κ1) is 15.7. The second kappa shape index (κ2) is 6.37. The van der Waals surface area contributed by atoms with Gasteiger partial charge in [-0.2, -0.15) is 5.10 Å². The van der Waals surface area contributed by atoms with Gasteiger partial charge in [0.25, 0.3) is 0 Å². The van der Waals surface area contributed by atoms with E-state index in [2.05, 4.69) is 5.10 Å². The van der Waals surface area contributed by atoms with Gasteiger partial charge in [-0.1, -0.05) is 11.6 Å². The van der Waals surface area contributed by atoms with E-state index >= 15 is 0 Å². The van der Waals surface area contributed by atoms with Crippen LogP contribution in [0.25, 0.3) is 0 Å². The van der Waals surface area contributed by atoms with E-state index < -0.39 is 6.10 Å². The maximum absolute atomic E-state index is 10.6. The fraction of sp³-hybridized carbons (Fsp3) is 0.400. The first-order chi connectivity index (χ1) is 9.97. The van der Waals surface area contributed by atoms with Gasteiger partial charge in [0.05, 0.1) is 31.6 Å². The van der Waals surface area contributed by atoms with Gasteiger partial charge in [-0.25, -0.2) is 4.68 Å². The van der Waals surface area contributed by atoms with Crippen LogP contribution < -0.4 is 9.47 Å². The summed E-state index contributed by atoms with van der Waals surface area (Å²) in [7, 11) is 4.93. The standard InChI is InChI=1S/C15H19ClN2O3/c1-9-14(15(21-4)18(2)17-9)12(19)8-10-7-11(16)5-6-13(10)20-3/h5-7,12,19H,8H2,1-4H3. The lowest BCUT2D eigenvalue weighted by atomic mass is 10.0. The van der Waals surface area contributed by atoms with Crippen molar-refractivity contribution in [3.8, 4) is 11.6 Å². The first-order valence-corrected chi connectivity index (χ1v) is 6.93. The topological polar surface area (TPSA) is 56.5 Å². The maximum Gasteiger partial charge on any atom is 0.217 e. The number of hydrogen-bond donors (Lipinski definition) is 1. The number of ether oxygens (including phenoxy) is 2. The van der Waals surface area contributed by atoms with Crippen molar-refractivity contribution in [2.45, 2.75) is 19.4 Å². The molecule has 1 N–H and O–H groups in total. The van der Waals surface area contributed by atoms with E-state index in [-0.39, 0.29) is 0 Å². The van der Waals surface area contributed by atoms with Crippen LogP contribution in [0.4, 0.5) is 0 Å². The van der Waals surface area contributed by atoms with Crippen LogP contribution in [-0.4, -0.2) is 29.1 Å². The molecule has 2 rings (SSSR count). The molecule has 21 heavy (non-hydrogen) atoms. The van der Waals surface area contributed by atoms with Crippen LogP contribution in [0.15, 0.2) is 18.2 Å². The number of rotatable bonds is 5. The van der Waals surface area contributed by atoms with Crippen molar-refractivity contribution in [1.29, 1.82) is 0 Å². The van der Waals surface area contributed by atoms with Crippen molar-refractivity contribution in [1.82, 2.24) is 9.78 Å². The smallest absolute Gasteiger partial charge is 0.217 e. The third kappa shape index (κ3) is 3.14. The number of aliphatic hydroxyl groups is 1. The summed E-state index contributed by atoms with van der Waals surface area (Å²) in [5.41, 5.74) is 2.26. The van der Waals surface area contributed by atoms with Crippen molar-refractivity contribution in [3.63, 3.8) is 0 Å². The molecule has 0 amide bonds. The van der Waals surface area contributed by atoms with Gasteiger partial charge < -0.3 is 14.6 Å². The zero-order chi connectivity index (χ0) is 15.6. The molecule has 0 fully saturated rings. The highest BCUT2D eigenvalue weighted by molar-refractivity contribution is 6.30.